The summed E-state index contributed by atoms with van der Waals surface area (Å²) in [4.78, 5) is 33.7. The molecule has 0 aliphatic heterocycles. The molecule has 0 aliphatic rings. The van der Waals surface area contributed by atoms with Gasteiger partial charge in [0.15, 0.2) is 0 Å². The van der Waals surface area contributed by atoms with Gasteiger partial charge in [-0.25, -0.2) is 0 Å². The number of nitrogens with zero attached hydrogens (tertiary/aromatic N) is 2. The van der Waals surface area contributed by atoms with Gasteiger partial charge in [0.25, 0.3) is 5.91 Å². The van der Waals surface area contributed by atoms with Gasteiger partial charge in [-0.05, 0) is 41.8 Å². The smallest absolute Gasteiger partial charge is 0.251 e. The third kappa shape index (κ3) is 6.56. The molecule has 194 valence electrons. The monoisotopic (exact) mass is 509 g/mol. The molecule has 2 amide bonds. The molecule has 3 aromatic carbocycles. The standard InChI is InChI=1S/C31H31N3O4/c1-22-11-13-25(14-12-22)30(31(36)33-27-16-15-26(37-2)19-28(27)38-3)34(21-24-10-7-17-32-20-24)29(35)18-23-8-5-4-6-9-23/h4-17,19-20,30H,18,21H2,1-3H3,(H,33,36). The van der Waals surface area contributed by atoms with Crippen molar-refractivity contribution in [1.29, 1.82) is 0 Å². The van der Waals surface area contributed by atoms with Crippen molar-refractivity contribution >= 4 is 17.5 Å². The van der Waals surface area contributed by atoms with Crippen LogP contribution in [0.2, 0.25) is 0 Å². The molecule has 1 atom stereocenters. The van der Waals surface area contributed by atoms with Crippen LogP contribution in [0.3, 0.4) is 0 Å². The minimum atomic E-state index is -0.904. The van der Waals surface area contributed by atoms with Crippen LogP contribution < -0.4 is 14.8 Å². The Morgan fingerprint density at radius 2 is 1.63 bits per heavy atom. The molecule has 38 heavy (non-hydrogen) atoms. The SMILES string of the molecule is COc1ccc(NC(=O)C(c2ccc(C)cc2)N(Cc2cccnc2)C(=O)Cc2ccccc2)c(OC)c1. The Balaban J connectivity index is 1.75. The number of ether oxygens (including phenoxy) is 2. The number of pyridine rings is 1. The zero-order valence-electron chi connectivity index (χ0n) is 21.8. The zero-order chi connectivity index (χ0) is 26.9. The van der Waals surface area contributed by atoms with Gasteiger partial charge >= 0.3 is 0 Å². The molecule has 1 aromatic heterocycles. The van der Waals surface area contributed by atoms with E-state index in [9.17, 15) is 9.59 Å². The Bertz CT molecular complexity index is 1360. The maximum Gasteiger partial charge on any atom is 0.251 e. The third-order valence-corrected chi connectivity index (χ3v) is 6.21. The van der Waals surface area contributed by atoms with Crippen LogP contribution in [-0.4, -0.2) is 35.9 Å². The molecule has 0 radical (unpaired) electrons. The lowest BCUT2D eigenvalue weighted by Gasteiger charge is -2.32. The number of benzene rings is 3. The van der Waals surface area contributed by atoms with Crippen LogP contribution in [0, 0.1) is 6.92 Å². The summed E-state index contributed by atoms with van der Waals surface area (Å²) in [5.41, 5.74) is 3.92. The van der Waals surface area contributed by atoms with E-state index in [2.05, 4.69) is 10.3 Å². The molecule has 1 heterocycles. The molecular weight excluding hydrogens is 478 g/mol. The van der Waals surface area contributed by atoms with Gasteiger partial charge in [0, 0.05) is 25.0 Å². The Morgan fingerprint density at radius 1 is 0.895 bits per heavy atom. The van der Waals surface area contributed by atoms with Crippen molar-refractivity contribution < 1.29 is 19.1 Å². The van der Waals surface area contributed by atoms with Crippen LogP contribution in [0.5, 0.6) is 11.5 Å². The molecule has 4 aromatic rings. The number of carbonyl (C=O) groups excluding carboxylic acids is 2. The quantitative estimate of drug-likeness (QED) is 0.311. The van der Waals surface area contributed by atoms with Crippen molar-refractivity contribution in [3.63, 3.8) is 0 Å². The first-order valence-electron chi connectivity index (χ1n) is 12.3. The zero-order valence-corrected chi connectivity index (χ0v) is 21.8. The van der Waals surface area contributed by atoms with Gasteiger partial charge in [-0.2, -0.15) is 0 Å². The minimum absolute atomic E-state index is 0.155. The van der Waals surface area contributed by atoms with Gasteiger partial charge in [0.1, 0.15) is 17.5 Å². The lowest BCUT2D eigenvalue weighted by atomic mass is 10.0. The summed E-state index contributed by atoms with van der Waals surface area (Å²) in [5.74, 6) is 0.519. The number of amides is 2. The fraction of sp³-hybridized carbons (Fsp3) is 0.194. The fourth-order valence-corrected chi connectivity index (χ4v) is 4.21. The number of hydrogen-bond acceptors (Lipinski definition) is 5. The molecule has 0 bridgehead atoms. The first kappa shape index (κ1) is 26.4. The highest BCUT2D eigenvalue weighted by molar-refractivity contribution is 5.99. The van der Waals surface area contributed by atoms with E-state index in [0.29, 0.717) is 22.7 Å². The molecule has 0 fully saturated rings. The molecular formula is C31H31N3O4. The summed E-state index contributed by atoms with van der Waals surface area (Å²) in [7, 11) is 3.09. The van der Waals surface area contributed by atoms with E-state index in [-0.39, 0.29) is 24.8 Å². The van der Waals surface area contributed by atoms with E-state index in [1.54, 1.807) is 42.6 Å². The summed E-state index contributed by atoms with van der Waals surface area (Å²) in [6, 6.07) is 25.1. The molecule has 0 spiro atoms. The summed E-state index contributed by atoms with van der Waals surface area (Å²) in [5, 5.41) is 2.98. The minimum Gasteiger partial charge on any atom is -0.497 e. The summed E-state index contributed by atoms with van der Waals surface area (Å²) < 4.78 is 10.8. The van der Waals surface area contributed by atoms with Gasteiger partial charge < -0.3 is 19.7 Å². The molecule has 0 aliphatic carbocycles. The Kier molecular flexibility index (Phi) is 8.72. The average Bonchev–Trinajstić information content (AvgIpc) is 2.95. The van der Waals surface area contributed by atoms with Crippen molar-refractivity contribution in [3.05, 3.63) is 120 Å². The Morgan fingerprint density at radius 3 is 2.29 bits per heavy atom. The van der Waals surface area contributed by atoms with E-state index >= 15 is 0 Å². The molecule has 0 saturated heterocycles. The van der Waals surface area contributed by atoms with Gasteiger partial charge in [0.05, 0.1) is 26.3 Å². The second-order valence-electron chi connectivity index (χ2n) is 8.91. The molecule has 7 heteroatoms. The lowest BCUT2D eigenvalue weighted by molar-refractivity contribution is -0.139. The first-order valence-corrected chi connectivity index (χ1v) is 12.3. The van der Waals surface area contributed by atoms with Crippen LogP contribution in [-0.2, 0) is 22.6 Å². The van der Waals surface area contributed by atoms with Gasteiger partial charge in [0.2, 0.25) is 5.91 Å². The highest BCUT2D eigenvalue weighted by Crippen LogP contribution is 2.32. The number of methoxy groups -OCH3 is 2. The number of hydrogen-bond donors (Lipinski definition) is 1. The number of rotatable bonds is 10. The van der Waals surface area contributed by atoms with E-state index in [1.165, 1.54) is 7.11 Å². The molecule has 7 nitrogen and oxygen atoms in total. The van der Waals surface area contributed by atoms with Gasteiger partial charge in [-0.15, -0.1) is 0 Å². The van der Waals surface area contributed by atoms with Crippen LogP contribution in [0.25, 0.3) is 0 Å². The van der Waals surface area contributed by atoms with Crippen molar-refractivity contribution in [2.45, 2.75) is 25.9 Å². The van der Waals surface area contributed by atoms with Crippen molar-refractivity contribution in [2.24, 2.45) is 0 Å². The maximum absolute atomic E-state index is 14.0. The largest absolute Gasteiger partial charge is 0.497 e. The Labute approximate surface area is 223 Å². The number of aromatic nitrogens is 1. The highest BCUT2D eigenvalue weighted by atomic mass is 16.5. The molecule has 0 saturated carbocycles. The van der Waals surface area contributed by atoms with Crippen LogP contribution >= 0.6 is 0 Å². The summed E-state index contributed by atoms with van der Waals surface area (Å²) >= 11 is 0. The van der Waals surface area contributed by atoms with Crippen LogP contribution in [0.1, 0.15) is 28.3 Å². The van der Waals surface area contributed by atoms with Gasteiger partial charge in [-0.3, -0.25) is 14.6 Å². The maximum atomic E-state index is 14.0. The van der Waals surface area contributed by atoms with Gasteiger partial charge in [-0.1, -0.05) is 66.2 Å². The highest BCUT2D eigenvalue weighted by Gasteiger charge is 2.32. The van der Waals surface area contributed by atoms with E-state index in [0.717, 1.165) is 16.7 Å². The number of carbonyl (C=O) groups is 2. The lowest BCUT2D eigenvalue weighted by Crippen LogP contribution is -2.41. The number of anilines is 1. The summed E-state index contributed by atoms with van der Waals surface area (Å²) in [6.45, 7) is 2.19. The predicted octanol–water partition coefficient (Wildman–Crippen LogP) is 5.36. The second-order valence-corrected chi connectivity index (χ2v) is 8.91. The topological polar surface area (TPSA) is 80.8 Å². The predicted molar refractivity (Wildman–Crippen MR) is 147 cm³/mol. The van der Waals surface area contributed by atoms with Crippen molar-refractivity contribution in [2.75, 3.05) is 19.5 Å². The van der Waals surface area contributed by atoms with E-state index in [4.69, 9.17) is 9.47 Å². The fourth-order valence-electron chi connectivity index (χ4n) is 4.21. The normalized spacial score (nSPS) is 11.3. The molecule has 1 unspecified atom stereocenters. The Hall–Kier alpha value is -4.65. The van der Waals surface area contributed by atoms with Crippen molar-refractivity contribution in [1.82, 2.24) is 9.88 Å². The summed E-state index contributed by atoms with van der Waals surface area (Å²) in [6.07, 6.45) is 3.54. The van der Waals surface area contributed by atoms with E-state index < -0.39 is 6.04 Å². The second kappa shape index (κ2) is 12.5. The van der Waals surface area contributed by atoms with Crippen molar-refractivity contribution in [3.8, 4) is 11.5 Å². The number of aryl methyl sites for hydroxylation is 1. The average molecular weight is 510 g/mol. The van der Waals surface area contributed by atoms with Crippen LogP contribution in [0.15, 0.2) is 97.3 Å². The van der Waals surface area contributed by atoms with E-state index in [1.807, 2.05) is 73.7 Å². The molecule has 4 rings (SSSR count). The number of nitrogens with one attached hydrogen (secondary N) is 1. The van der Waals surface area contributed by atoms with Crippen LogP contribution in [0.4, 0.5) is 5.69 Å². The first-order chi connectivity index (χ1) is 18.5. The third-order valence-electron chi connectivity index (χ3n) is 6.21. The molecule has 1 N–H and O–H groups in total.